The van der Waals surface area contributed by atoms with Gasteiger partial charge in [0.1, 0.15) is 11.8 Å². The quantitative estimate of drug-likeness (QED) is 0.840. The molecule has 0 spiro atoms. The Kier molecular flexibility index (Phi) is 3.62. The number of aryl methyl sites for hydroxylation is 1. The van der Waals surface area contributed by atoms with Crippen LogP contribution in [0.5, 0.6) is 5.75 Å². The van der Waals surface area contributed by atoms with E-state index in [9.17, 15) is 0 Å². The van der Waals surface area contributed by atoms with E-state index in [1.165, 1.54) is 0 Å². The standard InChI is InChI=1S/C13H16N2O2/c1-9-5-10(12-8-15-3-4-17-12)6-11(7-14)13(9)16-2/h5-6,12,15H,3-4,8H2,1-2H3. The Morgan fingerprint density at radius 2 is 2.35 bits per heavy atom. The van der Waals surface area contributed by atoms with E-state index < -0.39 is 0 Å². The summed E-state index contributed by atoms with van der Waals surface area (Å²) in [5, 5.41) is 12.4. The van der Waals surface area contributed by atoms with E-state index in [1.54, 1.807) is 7.11 Å². The zero-order chi connectivity index (χ0) is 12.3. The number of hydrogen-bond acceptors (Lipinski definition) is 4. The Hall–Kier alpha value is -1.57. The second-order valence-electron chi connectivity index (χ2n) is 4.09. The Morgan fingerprint density at radius 1 is 1.53 bits per heavy atom. The van der Waals surface area contributed by atoms with E-state index in [-0.39, 0.29) is 6.10 Å². The molecular formula is C13H16N2O2. The maximum atomic E-state index is 9.11. The van der Waals surface area contributed by atoms with Gasteiger partial charge in [0.05, 0.1) is 25.4 Å². The van der Waals surface area contributed by atoms with Crippen LogP contribution in [0.3, 0.4) is 0 Å². The van der Waals surface area contributed by atoms with E-state index in [2.05, 4.69) is 11.4 Å². The fourth-order valence-electron chi connectivity index (χ4n) is 2.12. The number of benzene rings is 1. The van der Waals surface area contributed by atoms with Gasteiger partial charge in [-0.15, -0.1) is 0 Å². The lowest BCUT2D eigenvalue weighted by Crippen LogP contribution is -2.33. The first kappa shape index (κ1) is 11.9. The van der Waals surface area contributed by atoms with Gasteiger partial charge in [0.25, 0.3) is 0 Å². The van der Waals surface area contributed by atoms with Crippen molar-refractivity contribution in [1.29, 1.82) is 5.26 Å². The van der Waals surface area contributed by atoms with Gasteiger partial charge in [0.2, 0.25) is 0 Å². The molecular weight excluding hydrogens is 216 g/mol. The molecule has 1 aromatic rings. The number of ether oxygens (including phenoxy) is 2. The van der Waals surface area contributed by atoms with Crippen LogP contribution in [0.15, 0.2) is 12.1 Å². The van der Waals surface area contributed by atoms with Crippen molar-refractivity contribution >= 4 is 0 Å². The summed E-state index contributed by atoms with van der Waals surface area (Å²) in [5.74, 6) is 0.653. The van der Waals surface area contributed by atoms with Crippen molar-refractivity contribution in [3.63, 3.8) is 0 Å². The number of nitriles is 1. The molecule has 0 aliphatic carbocycles. The summed E-state index contributed by atoms with van der Waals surface area (Å²) in [6.07, 6.45) is 0.0282. The van der Waals surface area contributed by atoms with Gasteiger partial charge >= 0.3 is 0 Å². The van der Waals surface area contributed by atoms with Crippen LogP contribution in [-0.4, -0.2) is 26.8 Å². The highest BCUT2D eigenvalue weighted by Crippen LogP contribution is 2.29. The monoisotopic (exact) mass is 232 g/mol. The summed E-state index contributed by atoms with van der Waals surface area (Å²) in [5.41, 5.74) is 2.57. The van der Waals surface area contributed by atoms with Crippen molar-refractivity contribution in [2.75, 3.05) is 26.8 Å². The highest BCUT2D eigenvalue weighted by molar-refractivity contribution is 5.51. The first-order valence-corrected chi connectivity index (χ1v) is 5.67. The fourth-order valence-corrected chi connectivity index (χ4v) is 2.12. The molecule has 1 saturated heterocycles. The summed E-state index contributed by atoms with van der Waals surface area (Å²) in [7, 11) is 1.58. The van der Waals surface area contributed by atoms with E-state index >= 15 is 0 Å². The van der Waals surface area contributed by atoms with Crippen LogP contribution >= 0.6 is 0 Å². The minimum absolute atomic E-state index is 0.0282. The van der Waals surface area contributed by atoms with Crippen LogP contribution in [0, 0.1) is 18.3 Å². The third-order valence-corrected chi connectivity index (χ3v) is 2.92. The highest BCUT2D eigenvalue weighted by atomic mass is 16.5. The summed E-state index contributed by atoms with van der Waals surface area (Å²) in [6.45, 7) is 4.32. The number of hydrogen-bond donors (Lipinski definition) is 1. The van der Waals surface area contributed by atoms with Crippen molar-refractivity contribution in [2.45, 2.75) is 13.0 Å². The SMILES string of the molecule is COc1c(C)cc(C2CNCCO2)cc1C#N. The van der Waals surface area contributed by atoms with Crippen molar-refractivity contribution in [2.24, 2.45) is 0 Å². The van der Waals surface area contributed by atoms with Gasteiger partial charge in [0, 0.05) is 13.1 Å². The minimum atomic E-state index is 0.0282. The van der Waals surface area contributed by atoms with E-state index in [0.717, 1.165) is 24.2 Å². The van der Waals surface area contributed by atoms with E-state index in [4.69, 9.17) is 14.7 Å². The summed E-state index contributed by atoms with van der Waals surface area (Å²) < 4.78 is 10.9. The summed E-state index contributed by atoms with van der Waals surface area (Å²) in [4.78, 5) is 0. The molecule has 1 aromatic carbocycles. The average Bonchev–Trinajstić information content (AvgIpc) is 2.38. The molecule has 0 bridgehead atoms. The average molecular weight is 232 g/mol. The normalized spacial score (nSPS) is 19.7. The molecule has 4 heteroatoms. The number of nitrogens with zero attached hydrogens (tertiary/aromatic N) is 1. The fraction of sp³-hybridized carbons (Fsp3) is 0.462. The maximum Gasteiger partial charge on any atom is 0.139 e. The maximum absolute atomic E-state index is 9.11. The van der Waals surface area contributed by atoms with Gasteiger partial charge in [-0.25, -0.2) is 0 Å². The van der Waals surface area contributed by atoms with Gasteiger partial charge in [0.15, 0.2) is 0 Å². The van der Waals surface area contributed by atoms with Crippen molar-refractivity contribution < 1.29 is 9.47 Å². The van der Waals surface area contributed by atoms with Crippen molar-refractivity contribution in [1.82, 2.24) is 5.32 Å². The highest BCUT2D eigenvalue weighted by Gasteiger charge is 2.18. The Labute approximate surface area is 101 Å². The predicted octanol–water partition coefficient (Wildman–Crippen LogP) is 1.54. The Balaban J connectivity index is 2.36. The summed E-state index contributed by atoms with van der Waals surface area (Å²) in [6, 6.07) is 6.04. The van der Waals surface area contributed by atoms with Gasteiger partial charge in [-0.05, 0) is 30.2 Å². The number of methoxy groups -OCH3 is 1. The van der Waals surface area contributed by atoms with Gasteiger partial charge in [-0.3, -0.25) is 0 Å². The Bertz CT molecular complexity index is 445. The molecule has 1 aliphatic heterocycles. The van der Waals surface area contributed by atoms with Crippen LogP contribution in [-0.2, 0) is 4.74 Å². The van der Waals surface area contributed by atoms with Gasteiger partial charge in [-0.2, -0.15) is 5.26 Å². The number of morpholine rings is 1. The first-order chi connectivity index (χ1) is 8.26. The smallest absolute Gasteiger partial charge is 0.139 e. The van der Waals surface area contributed by atoms with Crippen LogP contribution < -0.4 is 10.1 Å². The molecule has 0 saturated carbocycles. The topological polar surface area (TPSA) is 54.3 Å². The Morgan fingerprint density at radius 3 is 2.94 bits per heavy atom. The predicted molar refractivity (Wildman–Crippen MR) is 64.0 cm³/mol. The molecule has 1 atom stereocenters. The third-order valence-electron chi connectivity index (χ3n) is 2.92. The third kappa shape index (κ3) is 2.41. The second kappa shape index (κ2) is 5.17. The van der Waals surface area contributed by atoms with Crippen LogP contribution in [0.2, 0.25) is 0 Å². The minimum Gasteiger partial charge on any atom is -0.495 e. The zero-order valence-corrected chi connectivity index (χ0v) is 10.1. The largest absolute Gasteiger partial charge is 0.495 e. The van der Waals surface area contributed by atoms with Crippen molar-refractivity contribution in [3.05, 3.63) is 28.8 Å². The second-order valence-corrected chi connectivity index (χ2v) is 4.09. The van der Waals surface area contributed by atoms with Gasteiger partial charge < -0.3 is 14.8 Å². The molecule has 90 valence electrons. The molecule has 1 aliphatic rings. The molecule has 0 aromatic heterocycles. The molecule has 4 nitrogen and oxygen atoms in total. The molecule has 0 amide bonds. The molecule has 2 rings (SSSR count). The number of nitrogens with one attached hydrogen (secondary N) is 1. The van der Waals surface area contributed by atoms with Crippen LogP contribution in [0.1, 0.15) is 22.8 Å². The van der Waals surface area contributed by atoms with Crippen LogP contribution in [0.4, 0.5) is 0 Å². The van der Waals surface area contributed by atoms with E-state index in [0.29, 0.717) is 17.9 Å². The lowest BCUT2D eigenvalue weighted by Gasteiger charge is -2.24. The number of rotatable bonds is 2. The first-order valence-electron chi connectivity index (χ1n) is 5.67. The molecule has 17 heavy (non-hydrogen) atoms. The summed E-state index contributed by atoms with van der Waals surface area (Å²) >= 11 is 0. The lowest BCUT2D eigenvalue weighted by molar-refractivity contribution is 0.0276. The van der Waals surface area contributed by atoms with E-state index in [1.807, 2.05) is 19.1 Å². The molecule has 0 radical (unpaired) electrons. The lowest BCUT2D eigenvalue weighted by atomic mass is 10.0. The van der Waals surface area contributed by atoms with Crippen LogP contribution in [0.25, 0.3) is 0 Å². The molecule has 1 heterocycles. The molecule has 1 N–H and O–H groups in total. The van der Waals surface area contributed by atoms with Crippen molar-refractivity contribution in [3.8, 4) is 11.8 Å². The zero-order valence-electron chi connectivity index (χ0n) is 10.1. The molecule has 1 unspecified atom stereocenters. The van der Waals surface area contributed by atoms with Gasteiger partial charge in [-0.1, -0.05) is 0 Å². The molecule has 1 fully saturated rings.